The molecule has 0 radical (unpaired) electrons. The van der Waals surface area contributed by atoms with Crippen LogP contribution in [0.25, 0.3) is 0 Å². The van der Waals surface area contributed by atoms with E-state index in [0.717, 1.165) is 17.8 Å². The lowest BCUT2D eigenvalue weighted by molar-refractivity contribution is 0.236. The maximum absolute atomic E-state index is 2.47. The lowest BCUT2D eigenvalue weighted by Crippen LogP contribution is -2.18. The average Bonchev–Trinajstić information content (AvgIpc) is 2.35. The van der Waals surface area contributed by atoms with Gasteiger partial charge in [-0.05, 0) is 48.9 Å². The molecular formula is C11H20. The minimum Gasteiger partial charge on any atom is -0.0625 e. The van der Waals surface area contributed by atoms with Gasteiger partial charge >= 0.3 is 0 Å². The van der Waals surface area contributed by atoms with Crippen LogP contribution in [0.1, 0.15) is 46.5 Å². The summed E-state index contributed by atoms with van der Waals surface area (Å²) in [6.07, 6.45) is 6.03. The third-order valence-corrected chi connectivity index (χ3v) is 4.09. The Kier molecular flexibility index (Phi) is 1.56. The normalized spacial score (nSPS) is 47.7. The zero-order valence-electron chi connectivity index (χ0n) is 8.06. The van der Waals surface area contributed by atoms with Crippen molar-refractivity contribution in [1.29, 1.82) is 0 Å². The molecule has 0 heteroatoms. The van der Waals surface area contributed by atoms with E-state index >= 15 is 0 Å². The van der Waals surface area contributed by atoms with E-state index < -0.39 is 0 Å². The van der Waals surface area contributed by atoms with Gasteiger partial charge in [0.2, 0.25) is 0 Å². The van der Waals surface area contributed by atoms with Crippen molar-refractivity contribution >= 4 is 0 Å². The van der Waals surface area contributed by atoms with E-state index in [1.165, 1.54) is 25.7 Å². The summed E-state index contributed by atoms with van der Waals surface area (Å²) in [5, 5.41) is 0. The fourth-order valence-electron chi connectivity index (χ4n) is 3.42. The SMILES string of the molecule is CC1CC2CCC(C)(C)C2C1. The van der Waals surface area contributed by atoms with E-state index in [2.05, 4.69) is 20.8 Å². The molecule has 2 aliphatic carbocycles. The summed E-state index contributed by atoms with van der Waals surface area (Å²) < 4.78 is 0. The second kappa shape index (κ2) is 2.24. The van der Waals surface area contributed by atoms with Crippen LogP contribution in [-0.2, 0) is 0 Å². The van der Waals surface area contributed by atoms with Gasteiger partial charge in [0.15, 0.2) is 0 Å². The fourth-order valence-corrected chi connectivity index (χ4v) is 3.42. The highest BCUT2D eigenvalue weighted by Crippen LogP contribution is 2.55. The Labute approximate surface area is 70.4 Å². The molecular weight excluding hydrogens is 132 g/mol. The van der Waals surface area contributed by atoms with Gasteiger partial charge in [-0.15, -0.1) is 0 Å². The van der Waals surface area contributed by atoms with Crippen LogP contribution in [0.15, 0.2) is 0 Å². The van der Waals surface area contributed by atoms with Crippen LogP contribution in [0.2, 0.25) is 0 Å². The van der Waals surface area contributed by atoms with E-state index in [4.69, 9.17) is 0 Å². The highest BCUT2D eigenvalue weighted by molar-refractivity contribution is 4.96. The predicted octanol–water partition coefficient (Wildman–Crippen LogP) is 3.47. The van der Waals surface area contributed by atoms with Crippen molar-refractivity contribution in [1.82, 2.24) is 0 Å². The Morgan fingerprint density at radius 2 is 1.91 bits per heavy atom. The highest BCUT2D eigenvalue weighted by atomic mass is 14.5. The monoisotopic (exact) mass is 152 g/mol. The highest BCUT2D eigenvalue weighted by Gasteiger charge is 2.46. The lowest BCUT2D eigenvalue weighted by atomic mass is 9.79. The van der Waals surface area contributed by atoms with Crippen LogP contribution in [0.5, 0.6) is 0 Å². The molecule has 3 atom stereocenters. The Bertz CT molecular complexity index is 157. The van der Waals surface area contributed by atoms with Gasteiger partial charge in [0.05, 0.1) is 0 Å². The maximum atomic E-state index is 2.47. The number of hydrogen-bond acceptors (Lipinski definition) is 0. The molecule has 2 aliphatic rings. The first-order valence-corrected chi connectivity index (χ1v) is 5.09. The summed E-state index contributed by atoms with van der Waals surface area (Å²) in [4.78, 5) is 0. The van der Waals surface area contributed by atoms with Crippen molar-refractivity contribution in [2.75, 3.05) is 0 Å². The fraction of sp³-hybridized carbons (Fsp3) is 1.00. The summed E-state index contributed by atoms with van der Waals surface area (Å²) in [6, 6.07) is 0. The third-order valence-electron chi connectivity index (χ3n) is 4.09. The molecule has 64 valence electrons. The Morgan fingerprint density at radius 3 is 2.55 bits per heavy atom. The second-order valence-corrected chi connectivity index (χ2v) is 5.47. The maximum Gasteiger partial charge on any atom is -0.0323 e. The molecule has 0 spiro atoms. The third kappa shape index (κ3) is 1.11. The van der Waals surface area contributed by atoms with Crippen LogP contribution in [0.3, 0.4) is 0 Å². The molecule has 0 aliphatic heterocycles. The first-order chi connectivity index (χ1) is 5.09. The molecule has 0 saturated heterocycles. The van der Waals surface area contributed by atoms with Gasteiger partial charge in [-0.2, -0.15) is 0 Å². The smallest absolute Gasteiger partial charge is 0.0323 e. The predicted molar refractivity (Wildman–Crippen MR) is 48.4 cm³/mol. The number of rotatable bonds is 0. The first-order valence-electron chi connectivity index (χ1n) is 5.09. The van der Waals surface area contributed by atoms with Crippen molar-refractivity contribution < 1.29 is 0 Å². The molecule has 0 heterocycles. The van der Waals surface area contributed by atoms with Gasteiger partial charge in [-0.1, -0.05) is 20.8 Å². The summed E-state index contributed by atoms with van der Waals surface area (Å²) >= 11 is 0. The zero-order valence-corrected chi connectivity index (χ0v) is 8.06. The van der Waals surface area contributed by atoms with Crippen molar-refractivity contribution in [3.63, 3.8) is 0 Å². The molecule has 0 aromatic heterocycles. The average molecular weight is 152 g/mol. The van der Waals surface area contributed by atoms with Crippen LogP contribution in [0, 0.1) is 23.2 Å². The van der Waals surface area contributed by atoms with Gasteiger partial charge < -0.3 is 0 Å². The summed E-state index contributed by atoms with van der Waals surface area (Å²) in [5.41, 5.74) is 0.676. The molecule has 11 heavy (non-hydrogen) atoms. The summed E-state index contributed by atoms with van der Waals surface area (Å²) in [7, 11) is 0. The van der Waals surface area contributed by atoms with Gasteiger partial charge in [-0.3, -0.25) is 0 Å². The Balaban J connectivity index is 2.13. The van der Waals surface area contributed by atoms with Crippen molar-refractivity contribution in [3.8, 4) is 0 Å². The van der Waals surface area contributed by atoms with E-state index in [9.17, 15) is 0 Å². The second-order valence-electron chi connectivity index (χ2n) is 5.47. The van der Waals surface area contributed by atoms with Gasteiger partial charge in [-0.25, -0.2) is 0 Å². The lowest BCUT2D eigenvalue weighted by Gasteiger charge is -2.26. The van der Waals surface area contributed by atoms with Crippen molar-refractivity contribution in [2.24, 2.45) is 23.2 Å². The standard InChI is InChI=1S/C11H20/c1-8-6-9-4-5-11(2,3)10(9)7-8/h8-10H,4-7H2,1-3H3. The van der Waals surface area contributed by atoms with Gasteiger partial charge in [0.25, 0.3) is 0 Å². The van der Waals surface area contributed by atoms with Crippen LogP contribution >= 0.6 is 0 Å². The number of hydrogen-bond donors (Lipinski definition) is 0. The molecule has 0 amide bonds. The molecule has 0 aromatic carbocycles. The summed E-state index contributed by atoms with van der Waals surface area (Å²) in [5.74, 6) is 3.18. The van der Waals surface area contributed by atoms with Gasteiger partial charge in [0.1, 0.15) is 0 Å². The largest absolute Gasteiger partial charge is 0.0625 e. The molecule has 3 unspecified atom stereocenters. The molecule has 2 fully saturated rings. The van der Waals surface area contributed by atoms with E-state index in [0.29, 0.717) is 5.41 Å². The van der Waals surface area contributed by atoms with E-state index in [1.807, 2.05) is 0 Å². The van der Waals surface area contributed by atoms with E-state index in [-0.39, 0.29) is 0 Å². The van der Waals surface area contributed by atoms with Crippen molar-refractivity contribution in [2.45, 2.75) is 46.5 Å². The Morgan fingerprint density at radius 1 is 1.18 bits per heavy atom. The van der Waals surface area contributed by atoms with Gasteiger partial charge in [0, 0.05) is 0 Å². The topological polar surface area (TPSA) is 0 Å². The first kappa shape index (κ1) is 7.64. The molecule has 0 nitrogen and oxygen atoms in total. The Hall–Kier alpha value is 0. The summed E-state index contributed by atoms with van der Waals surface area (Å²) in [6.45, 7) is 7.36. The quantitative estimate of drug-likeness (QED) is 0.498. The molecule has 2 saturated carbocycles. The van der Waals surface area contributed by atoms with Crippen LogP contribution in [0.4, 0.5) is 0 Å². The molecule has 0 N–H and O–H groups in total. The molecule has 0 aromatic rings. The molecule has 0 bridgehead atoms. The van der Waals surface area contributed by atoms with Crippen LogP contribution in [-0.4, -0.2) is 0 Å². The van der Waals surface area contributed by atoms with Crippen molar-refractivity contribution in [3.05, 3.63) is 0 Å². The van der Waals surface area contributed by atoms with Crippen LogP contribution < -0.4 is 0 Å². The molecule has 2 rings (SSSR count). The number of fused-ring (bicyclic) bond motifs is 1. The minimum atomic E-state index is 0.676. The minimum absolute atomic E-state index is 0.676. The van der Waals surface area contributed by atoms with E-state index in [1.54, 1.807) is 0 Å². The zero-order chi connectivity index (χ0) is 8.06.